The Morgan fingerprint density at radius 1 is 0.786 bits per heavy atom. The molecule has 1 aliphatic carbocycles. The van der Waals surface area contributed by atoms with Crippen LogP contribution in [0.1, 0.15) is 48.0 Å². The summed E-state index contributed by atoms with van der Waals surface area (Å²) >= 11 is 0. The fourth-order valence-corrected chi connectivity index (χ4v) is 4.87. The summed E-state index contributed by atoms with van der Waals surface area (Å²) in [6, 6.07) is 14.2. The first-order chi connectivity index (χ1) is 13.6. The second-order valence-corrected chi connectivity index (χ2v) is 7.83. The lowest BCUT2D eigenvalue weighted by atomic mass is 9.75. The third-order valence-electron chi connectivity index (χ3n) is 6.34. The highest BCUT2D eigenvalue weighted by Gasteiger charge is 2.41. The number of nitrogens with zero attached hydrogens (tertiary/aromatic N) is 2. The van der Waals surface area contributed by atoms with Crippen LogP contribution in [0, 0.1) is 11.6 Å². The van der Waals surface area contributed by atoms with Crippen molar-refractivity contribution in [2.45, 2.75) is 37.6 Å². The Bertz CT molecular complexity index is 806. The lowest BCUT2D eigenvalue weighted by Crippen LogP contribution is -2.57. The fraction of sp³-hybridized carbons (Fsp3) is 0.435. The molecular formula is C23H26F2N2O. The van der Waals surface area contributed by atoms with Crippen molar-refractivity contribution in [3.63, 3.8) is 0 Å². The number of piperazine rings is 1. The van der Waals surface area contributed by atoms with Crippen molar-refractivity contribution in [2.75, 3.05) is 26.2 Å². The molecule has 0 atom stereocenters. The van der Waals surface area contributed by atoms with Crippen molar-refractivity contribution in [3.8, 4) is 0 Å². The van der Waals surface area contributed by atoms with Crippen LogP contribution in [-0.2, 0) is 5.54 Å². The van der Waals surface area contributed by atoms with Gasteiger partial charge in [0.05, 0.1) is 0 Å². The molecule has 5 heteroatoms. The predicted octanol–water partition coefficient (Wildman–Crippen LogP) is 4.58. The molecular weight excluding hydrogens is 358 g/mol. The molecule has 4 rings (SSSR count). The van der Waals surface area contributed by atoms with Gasteiger partial charge in [-0.2, -0.15) is 0 Å². The second-order valence-electron chi connectivity index (χ2n) is 7.83. The Morgan fingerprint density at radius 2 is 1.39 bits per heavy atom. The van der Waals surface area contributed by atoms with E-state index in [1.54, 1.807) is 4.90 Å². The molecule has 1 amide bonds. The summed E-state index contributed by atoms with van der Waals surface area (Å²) in [5, 5.41) is 0. The summed E-state index contributed by atoms with van der Waals surface area (Å²) < 4.78 is 28.0. The van der Waals surface area contributed by atoms with Crippen LogP contribution in [0.15, 0.2) is 48.5 Å². The lowest BCUT2D eigenvalue weighted by molar-refractivity contribution is 0.00534. The third-order valence-corrected chi connectivity index (χ3v) is 6.34. The number of carbonyl (C=O) groups excluding carboxylic acids is 1. The van der Waals surface area contributed by atoms with Crippen molar-refractivity contribution < 1.29 is 13.6 Å². The maximum atomic E-state index is 14.0. The number of halogens is 2. The predicted molar refractivity (Wildman–Crippen MR) is 105 cm³/mol. The SMILES string of the molecule is O=C(c1c(F)cccc1F)N1CCN(C2(c3ccccc3)CCCCC2)CC1. The minimum atomic E-state index is -0.791. The van der Waals surface area contributed by atoms with E-state index in [0.717, 1.165) is 38.1 Å². The van der Waals surface area contributed by atoms with Gasteiger partial charge in [0, 0.05) is 31.7 Å². The number of hydrogen-bond donors (Lipinski definition) is 0. The summed E-state index contributed by atoms with van der Waals surface area (Å²) in [7, 11) is 0. The number of rotatable bonds is 3. The maximum Gasteiger partial charge on any atom is 0.259 e. The van der Waals surface area contributed by atoms with Crippen LogP contribution in [0.25, 0.3) is 0 Å². The van der Waals surface area contributed by atoms with E-state index in [9.17, 15) is 13.6 Å². The number of hydrogen-bond acceptors (Lipinski definition) is 2. The van der Waals surface area contributed by atoms with Gasteiger partial charge >= 0.3 is 0 Å². The van der Waals surface area contributed by atoms with Gasteiger partial charge in [0.1, 0.15) is 17.2 Å². The molecule has 0 bridgehead atoms. The van der Waals surface area contributed by atoms with Crippen LogP contribution in [0.4, 0.5) is 8.78 Å². The van der Waals surface area contributed by atoms with E-state index in [2.05, 4.69) is 29.2 Å². The van der Waals surface area contributed by atoms with Gasteiger partial charge in [-0.05, 0) is 30.5 Å². The molecule has 1 heterocycles. The molecule has 28 heavy (non-hydrogen) atoms. The molecule has 2 aliphatic rings. The third kappa shape index (κ3) is 3.44. The summed E-state index contributed by atoms with van der Waals surface area (Å²) in [4.78, 5) is 16.8. The highest BCUT2D eigenvalue weighted by molar-refractivity contribution is 5.94. The van der Waals surface area contributed by atoms with E-state index in [4.69, 9.17) is 0 Å². The van der Waals surface area contributed by atoms with Crippen LogP contribution in [0.3, 0.4) is 0 Å². The highest BCUT2D eigenvalue weighted by Crippen LogP contribution is 2.42. The molecule has 3 nitrogen and oxygen atoms in total. The molecule has 1 aliphatic heterocycles. The summed E-state index contributed by atoms with van der Waals surface area (Å²) in [5.41, 5.74) is 0.916. The Hall–Kier alpha value is -2.27. The van der Waals surface area contributed by atoms with Crippen LogP contribution in [0.2, 0.25) is 0 Å². The van der Waals surface area contributed by atoms with E-state index in [1.807, 2.05) is 6.07 Å². The first kappa shape index (κ1) is 19.1. The summed E-state index contributed by atoms with van der Waals surface area (Å²) in [6.45, 7) is 2.41. The van der Waals surface area contributed by atoms with Gasteiger partial charge in [-0.25, -0.2) is 8.78 Å². The normalized spacial score (nSPS) is 20.1. The second kappa shape index (κ2) is 8.00. The molecule has 2 aromatic rings. The molecule has 1 saturated heterocycles. The monoisotopic (exact) mass is 384 g/mol. The van der Waals surface area contributed by atoms with Crippen molar-refractivity contribution in [2.24, 2.45) is 0 Å². The number of amides is 1. The van der Waals surface area contributed by atoms with E-state index in [1.165, 1.54) is 30.9 Å². The van der Waals surface area contributed by atoms with Gasteiger partial charge in [0.25, 0.3) is 5.91 Å². The van der Waals surface area contributed by atoms with Gasteiger partial charge in [0.15, 0.2) is 0 Å². The topological polar surface area (TPSA) is 23.6 Å². The molecule has 0 unspecified atom stereocenters. The minimum absolute atomic E-state index is 0.0118. The van der Waals surface area contributed by atoms with E-state index >= 15 is 0 Å². The standard InChI is InChI=1S/C23H26F2N2O/c24-19-10-7-11-20(25)21(19)22(28)26-14-16-27(17-15-26)23(12-5-2-6-13-23)18-8-3-1-4-9-18/h1,3-4,7-11H,2,5-6,12-17H2. The van der Waals surface area contributed by atoms with E-state index in [0.29, 0.717) is 13.1 Å². The van der Waals surface area contributed by atoms with Gasteiger partial charge < -0.3 is 4.90 Å². The Morgan fingerprint density at radius 3 is 2.00 bits per heavy atom. The van der Waals surface area contributed by atoms with Crippen molar-refractivity contribution in [3.05, 3.63) is 71.3 Å². The zero-order valence-corrected chi connectivity index (χ0v) is 16.0. The first-order valence-corrected chi connectivity index (χ1v) is 10.2. The van der Waals surface area contributed by atoms with Crippen LogP contribution >= 0.6 is 0 Å². The minimum Gasteiger partial charge on any atom is -0.336 e. The Labute approximate surface area is 165 Å². The van der Waals surface area contributed by atoms with E-state index in [-0.39, 0.29) is 5.54 Å². The lowest BCUT2D eigenvalue weighted by Gasteiger charge is -2.50. The van der Waals surface area contributed by atoms with E-state index < -0.39 is 23.1 Å². The maximum absolute atomic E-state index is 14.0. The van der Waals surface area contributed by atoms with Crippen LogP contribution in [0.5, 0.6) is 0 Å². The smallest absolute Gasteiger partial charge is 0.259 e. The average Bonchev–Trinajstić information content (AvgIpc) is 2.75. The molecule has 0 spiro atoms. The van der Waals surface area contributed by atoms with Crippen LogP contribution in [-0.4, -0.2) is 41.9 Å². The molecule has 148 valence electrons. The number of carbonyl (C=O) groups is 1. The molecule has 0 radical (unpaired) electrons. The van der Waals surface area contributed by atoms with Gasteiger partial charge in [0.2, 0.25) is 0 Å². The van der Waals surface area contributed by atoms with Crippen LogP contribution < -0.4 is 0 Å². The van der Waals surface area contributed by atoms with Crippen molar-refractivity contribution in [1.82, 2.24) is 9.80 Å². The van der Waals surface area contributed by atoms with Gasteiger partial charge in [-0.1, -0.05) is 55.7 Å². The largest absolute Gasteiger partial charge is 0.336 e. The molecule has 2 fully saturated rings. The quantitative estimate of drug-likeness (QED) is 0.773. The Balaban J connectivity index is 1.52. The highest BCUT2D eigenvalue weighted by atomic mass is 19.1. The molecule has 0 aromatic heterocycles. The van der Waals surface area contributed by atoms with Crippen molar-refractivity contribution >= 4 is 5.91 Å². The van der Waals surface area contributed by atoms with Gasteiger partial charge in [-0.15, -0.1) is 0 Å². The van der Waals surface area contributed by atoms with Gasteiger partial charge in [-0.3, -0.25) is 9.69 Å². The first-order valence-electron chi connectivity index (χ1n) is 10.2. The molecule has 1 saturated carbocycles. The fourth-order valence-electron chi connectivity index (χ4n) is 4.87. The Kier molecular flexibility index (Phi) is 5.44. The average molecular weight is 384 g/mol. The summed E-state index contributed by atoms with van der Waals surface area (Å²) in [5.74, 6) is -2.13. The summed E-state index contributed by atoms with van der Waals surface area (Å²) in [6.07, 6.45) is 5.91. The number of benzene rings is 2. The van der Waals surface area contributed by atoms with Crippen molar-refractivity contribution in [1.29, 1.82) is 0 Å². The molecule has 2 aromatic carbocycles. The zero-order valence-electron chi connectivity index (χ0n) is 16.0. The zero-order chi connectivity index (χ0) is 19.6. The molecule has 0 N–H and O–H groups in total.